The van der Waals surface area contributed by atoms with E-state index in [2.05, 4.69) is 17.2 Å². The van der Waals surface area contributed by atoms with Gasteiger partial charge in [-0.1, -0.05) is 72.5 Å². The summed E-state index contributed by atoms with van der Waals surface area (Å²) in [6, 6.07) is 18.1. The number of hydrogen-bond acceptors (Lipinski definition) is 3. The molecule has 0 bridgehead atoms. The molecular weight excluding hydrogens is 421 g/mol. The maximum absolute atomic E-state index is 13.5. The van der Waals surface area contributed by atoms with Crippen LogP contribution in [-0.2, 0) is 10.3 Å². The lowest BCUT2D eigenvalue weighted by Gasteiger charge is -2.27. The molecule has 1 aliphatic heterocycles. The summed E-state index contributed by atoms with van der Waals surface area (Å²) in [4.78, 5) is 29.5. The van der Waals surface area contributed by atoms with Gasteiger partial charge in [-0.25, -0.2) is 9.69 Å². The highest BCUT2D eigenvalue weighted by Gasteiger charge is 2.53. The zero-order valence-corrected chi connectivity index (χ0v) is 18.0. The van der Waals surface area contributed by atoms with Crippen LogP contribution in [0.2, 0.25) is 0 Å². The van der Waals surface area contributed by atoms with Gasteiger partial charge in [0.1, 0.15) is 0 Å². The summed E-state index contributed by atoms with van der Waals surface area (Å²) < 4.78 is 0. The van der Waals surface area contributed by atoms with Gasteiger partial charge in [-0.15, -0.1) is 23.2 Å². The summed E-state index contributed by atoms with van der Waals surface area (Å²) in [5.41, 5.74) is 0.158. The minimum Gasteiger partial charge on any atom is -0.315 e. The zero-order valence-electron chi connectivity index (χ0n) is 16.5. The average Bonchev–Trinajstić information content (AvgIpc) is 3.03. The van der Waals surface area contributed by atoms with E-state index in [1.54, 1.807) is 0 Å². The van der Waals surface area contributed by atoms with Gasteiger partial charge in [0, 0.05) is 24.8 Å². The van der Waals surface area contributed by atoms with Gasteiger partial charge in [-0.3, -0.25) is 9.69 Å². The molecule has 0 atom stereocenters. The number of nitrogens with one attached hydrogen (secondary N) is 1. The minimum absolute atomic E-state index is 0.0155. The normalized spacial score (nSPS) is 15.1. The Kier molecular flexibility index (Phi) is 7.75. The molecule has 0 unspecified atom stereocenters. The Morgan fingerprint density at radius 1 is 0.867 bits per heavy atom. The van der Waals surface area contributed by atoms with Crippen molar-refractivity contribution in [3.05, 3.63) is 71.8 Å². The van der Waals surface area contributed by atoms with Gasteiger partial charge in [0.25, 0.3) is 5.91 Å². The summed E-state index contributed by atoms with van der Waals surface area (Å²) in [6.07, 6.45) is 0. The van der Waals surface area contributed by atoms with Gasteiger partial charge in [0.2, 0.25) is 0 Å². The maximum atomic E-state index is 13.5. The summed E-state index contributed by atoms with van der Waals surface area (Å²) >= 11 is 11.6. The highest BCUT2D eigenvalue weighted by molar-refractivity contribution is 6.18. The molecule has 0 aromatic heterocycles. The molecule has 7 heteroatoms. The number of urea groups is 1. The van der Waals surface area contributed by atoms with E-state index in [4.69, 9.17) is 23.2 Å². The van der Waals surface area contributed by atoms with Crippen LogP contribution in [0.4, 0.5) is 4.79 Å². The SMILES string of the molecule is O=C1NC(c2ccccc2)(c2ccccc2)C(=O)N1CC#CCN(CCCl)CCCl. The van der Waals surface area contributed by atoms with Crippen LogP contribution in [0.15, 0.2) is 60.7 Å². The third-order valence-corrected chi connectivity index (χ3v) is 5.32. The molecule has 1 aliphatic rings. The molecular formula is C23H23Cl2N3O2. The first-order chi connectivity index (χ1) is 14.6. The van der Waals surface area contributed by atoms with Crippen LogP contribution in [0.25, 0.3) is 0 Å². The summed E-state index contributed by atoms with van der Waals surface area (Å²) in [7, 11) is 0. The van der Waals surface area contributed by atoms with E-state index >= 15 is 0 Å². The molecule has 1 heterocycles. The zero-order chi connectivity index (χ0) is 21.4. The number of imide groups is 1. The fourth-order valence-electron chi connectivity index (χ4n) is 3.47. The van der Waals surface area contributed by atoms with Crippen molar-refractivity contribution in [2.75, 3.05) is 37.9 Å². The molecule has 0 aliphatic carbocycles. The van der Waals surface area contributed by atoms with Crippen LogP contribution in [0.5, 0.6) is 0 Å². The summed E-state index contributed by atoms with van der Waals surface area (Å²) in [5, 5.41) is 2.91. The molecule has 1 N–H and O–H groups in total. The van der Waals surface area contributed by atoms with Gasteiger partial charge in [-0.05, 0) is 11.1 Å². The molecule has 1 fully saturated rings. The van der Waals surface area contributed by atoms with E-state index in [0.29, 0.717) is 42.5 Å². The second-order valence-corrected chi connectivity index (χ2v) is 7.57. The van der Waals surface area contributed by atoms with Crippen molar-refractivity contribution in [1.29, 1.82) is 0 Å². The van der Waals surface area contributed by atoms with Crippen molar-refractivity contribution in [1.82, 2.24) is 15.1 Å². The van der Waals surface area contributed by atoms with Crippen LogP contribution in [0.1, 0.15) is 11.1 Å². The molecule has 30 heavy (non-hydrogen) atoms. The smallest absolute Gasteiger partial charge is 0.315 e. The Hall–Kier alpha value is -2.52. The number of alkyl halides is 2. The molecule has 1 saturated heterocycles. The van der Waals surface area contributed by atoms with Gasteiger partial charge in [0.15, 0.2) is 5.54 Å². The van der Waals surface area contributed by atoms with E-state index in [0.717, 1.165) is 0 Å². The number of hydrogen-bond donors (Lipinski definition) is 1. The van der Waals surface area contributed by atoms with Crippen LogP contribution < -0.4 is 5.32 Å². The van der Waals surface area contributed by atoms with Crippen LogP contribution in [0, 0.1) is 11.8 Å². The van der Waals surface area contributed by atoms with Gasteiger partial charge in [-0.2, -0.15) is 0 Å². The molecule has 0 spiro atoms. The molecule has 3 amide bonds. The predicted octanol–water partition coefficient (Wildman–Crippen LogP) is 3.27. The standard InChI is InChI=1S/C23H23Cl2N3O2/c24-13-17-27(18-14-25)15-7-8-16-28-21(29)23(26-22(28)30,19-9-3-1-4-10-19)20-11-5-2-6-12-20/h1-6,9-12H,13-18H2,(H,26,30). The molecule has 2 aromatic carbocycles. The monoisotopic (exact) mass is 443 g/mol. The van der Waals surface area contributed by atoms with Crippen molar-refractivity contribution in [2.45, 2.75) is 5.54 Å². The Labute approximate surface area is 186 Å². The van der Waals surface area contributed by atoms with Crippen LogP contribution in [0.3, 0.4) is 0 Å². The number of carbonyl (C=O) groups is 2. The molecule has 5 nitrogen and oxygen atoms in total. The van der Waals surface area contributed by atoms with Gasteiger partial charge < -0.3 is 5.32 Å². The highest BCUT2D eigenvalue weighted by Crippen LogP contribution is 2.35. The molecule has 3 rings (SSSR count). The first-order valence-corrected chi connectivity index (χ1v) is 10.8. The van der Waals surface area contributed by atoms with E-state index in [1.807, 2.05) is 65.6 Å². The van der Waals surface area contributed by atoms with Gasteiger partial charge >= 0.3 is 6.03 Å². The van der Waals surface area contributed by atoms with E-state index in [1.165, 1.54) is 4.90 Å². The topological polar surface area (TPSA) is 52.7 Å². The summed E-state index contributed by atoms with van der Waals surface area (Å²) in [5.74, 6) is 6.60. The molecule has 0 saturated carbocycles. The van der Waals surface area contributed by atoms with Crippen molar-refractivity contribution in [2.24, 2.45) is 0 Å². The number of nitrogens with zero attached hydrogens (tertiary/aromatic N) is 2. The largest absolute Gasteiger partial charge is 0.326 e. The van der Waals surface area contributed by atoms with Crippen molar-refractivity contribution < 1.29 is 9.59 Å². The lowest BCUT2D eigenvalue weighted by atomic mass is 9.82. The highest BCUT2D eigenvalue weighted by atomic mass is 35.5. The van der Waals surface area contributed by atoms with Crippen molar-refractivity contribution >= 4 is 35.1 Å². The van der Waals surface area contributed by atoms with Gasteiger partial charge in [0.05, 0.1) is 13.1 Å². The molecule has 156 valence electrons. The Morgan fingerprint density at radius 2 is 1.40 bits per heavy atom. The number of carbonyl (C=O) groups excluding carboxylic acids is 2. The number of halogens is 2. The van der Waals surface area contributed by atoms with Crippen molar-refractivity contribution in [3.63, 3.8) is 0 Å². The Bertz CT molecular complexity index is 880. The average molecular weight is 444 g/mol. The summed E-state index contributed by atoms with van der Waals surface area (Å²) in [6.45, 7) is 1.85. The van der Waals surface area contributed by atoms with Crippen LogP contribution in [-0.4, -0.2) is 59.7 Å². The molecule has 0 radical (unpaired) electrons. The number of benzene rings is 2. The quantitative estimate of drug-likeness (QED) is 0.387. The number of amides is 3. The van der Waals surface area contributed by atoms with Crippen molar-refractivity contribution in [3.8, 4) is 11.8 Å². The second kappa shape index (κ2) is 10.5. The fraction of sp³-hybridized carbons (Fsp3) is 0.304. The third-order valence-electron chi connectivity index (χ3n) is 4.99. The minimum atomic E-state index is -1.26. The Morgan fingerprint density at radius 3 is 1.90 bits per heavy atom. The number of rotatable bonds is 8. The molecule has 2 aromatic rings. The van der Waals surface area contributed by atoms with E-state index in [-0.39, 0.29) is 12.5 Å². The predicted molar refractivity (Wildman–Crippen MR) is 120 cm³/mol. The third kappa shape index (κ3) is 4.62. The van der Waals surface area contributed by atoms with E-state index < -0.39 is 11.6 Å². The lowest BCUT2D eigenvalue weighted by molar-refractivity contribution is -0.129. The first-order valence-electron chi connectivity index (χ1n) is 9.68. The second-order valence-electron chi connectivity index (χ2n) is 6.81. The van der Waals surface area contributed by atoms with Crippen LogP contribution >= 0.6 is 23.2 Å². The van der Waals surface area contributed by atoms with E-state index in [9.17, 15) is 9.59 Å². The first kappa shape index (κ1) is 22.2. The lowest BCUT2D eigenvalue weighted by Crippen LogP contribution is -2.45. The Balaban J connectivity index is 1.84. The fourth-order valence-corrected chi connectivity index (χ4v) is 3.94. The maximum Gasteiger partial charge on any atom is 0.326 e.